The summed E-state index contributed by atoms with van der Waals surface area (Å²) in [5.41, 5.74) is 3.99. The van der Waals surface area contributed by atoms with Crippen molar-refractivity contribution in [3.8, 4) is 5.75 Å². The van der Waals surface area contributed by atoms with Crippen molar-refractivity contribution < 1.29 is 22.7 Å². The number of nitrogens with zero attached hydrogens (tertiary/aromatic N) is 2. The fraction of sp³-hybridized carbons (Fsp3) is 0.257. The molecule has 0 spiro atoms. The van der Waals surface area contributed by atoms with Crippen LogP contribution in [-0.4, -0.2) is 51.4 Å². The molecule has 0 heterocycles. The Morgan fingerprint density at radius 1 is 0.841 bits per heavy atom. The zero-order chi connectivity index (χ0) is 31.7. The Bertz CT molecular complexity index is 1660. The lowest BCUT2D eigenvalue weighted by molar-refractivity contribution is -0.140. The number of amides is 2. The van der Waals surface area contributed by atoms with Crippen molar-refractivity contribution >= 4 is 27.5 Å². The van der Waals surface area contributed by atoms with Crippen LogP contribution in [0.25, 0.3) is 0 Å². The van der Waals surface area contributed by atoms with Gasteiger partial charge < -0.3 is 15.0 Å². The van der Waals surface area contributed by atoms with Gasteiger partial charge in [0.25, 0.3) is 10.0 Å². The molecule has 8 nitrogen and oxygen atoms in total. The van der Waals surface area contributed by atoms with E-state index in [1.165, 1.54) is 24.1 Å². The highest BCUT2D eigenvalue weighted by Gasteiger charge is 2.34. The van der Waals surface area contributed by atoms with E-state index in [2.05, 4.69) is 5.32 Å². The summed E-state index contributed by atoms with van der Waals surface area (Å²) >= 11 is 0. The van der Waals surface area contributed by atoms with Crippen LogP contribution in [0.15, 0.2) is 108 Å². The molecule has 2 amide bonds. The number of aryl methyl sites for hydroxylation is 2. The number of rotatable bonds is 13. The van der Waals surface area contributed by atoms with Crippen LogP contribution < -0.4 is 14.4 Å². The van der Waals surface area contributed by atoms with Crippen molar-refractivity contribution in [1.82, 2.24) is 10.2 Å². The van der Waals surface area contributed by atoms with Gasteiger partial charge in [-0.05, 0) is 73.9 Å². The van der Waals surface area contributed by atoms with E-state index in [0.717, 1.165) is 26.6 Å². The summed E-state index contributed by atoms with van der Waals surface area (Å²) in [6.07, 6.45) is 0.264. The number of benzene rings is 4. The number of likely N-dealkylation sites (N-methyl/N-ethyl adjacent to an activating group) is 1. The minimum atomic E-state index is -4.19. The van der Waals surface area contributed by atoms with Gasteiger partial charge in [0, 0.05) is 19.5 Å². The Morgan fingerprint density at radius 3 is 2.09 bits per heavy atom. The quantitative estimate of drug-likeness (QED) is 0.221. The lowest BCUT2D eigenvalue weighted by atomic mass is 10.0. The Morgan fingerprint density at radius 2 is 1.48 bits per heavy atom. The highest BCUT2D eigenvalue weighted by Crippen LogP contribution is 2.27. The fourth-order valence-corrected chi connectivity index (χ4v) is 6.35. The summed E-state index contributed by atoms with van der Waals surface area (Å²) in [5, 5.41) is 2.88. The van der Waals surface area contributed by atoms with Crippen molar-refractivity contribution in [2.45, 2.75) is 44.7 Å². The number of hydrogen-bond donors (Lipinski definition) is 1. The van der Waals surface area contributed by atoms with Crippen LogP contribution in [0.1, 0.15) is 29.2 Å². The van der Waals surface area contributed by atoms with Gasteiger partial charge in [0.2, 0.25) is 11.8 Å². The first-order valence-corrected chi connectivity index (χ1v) is 16.0. The third-order valence-electron chi connectivity index (χ3n) is 7.47. The molecule has 44 heavy (non-hydrogen) atoms. The van der Waals surface area contributed by atoms with E-state index in [1.807, 2.05) is 75.4 Å². The first-order chi connectivity index (χ1) is 21.1. The molecule has 4 aromatic rings. The molecule has 1 atom stereocenters. The van der Waals surface area contributed by atoms with Crippen LogP contribution >= 0.6 is 0 Å². The van der Waals surface area contributed by atoms with E-state index in [9.17, 15) is 18.0 Å². The Kier molecular flexibility index (Phi) is 10.8. The maximum absolute atomic E-state index is 14.4. The maximum Gasteiger partial charge on any atom is 0.264 e. The second-order valence-electron chi connectivity index (χ2n) is 10.6. The summed E-state index contributed by atoms with van der Waals surface area (Å²) in [4.78, 5) is 29.6. The second-order valence-corrected chi connectivity index (χ2v) is 12.4. The van der Waals surface area contributed by atoms with Crippen molar-refractivity contribution in [2.24, 2.45) is 0 Å². The van der Waals surface area contributed by atoms with Crippen LogP contribution in [0.5, 0.6) is 5.75 Å². The standard InChI is InChI=1S/C35H39N3O5S/c1-5-36-35(40)33(23-28-12-7-6-8-13-28)37(24-29-14-10-9-11-27(29)3)34(39)25-38(30-17-15-26(2)16-18-30)44(41,42)32-21-19-31(43-4)20-22-32/h6-22,33H,5,23-25H2,1-4H3,(H,36,40). The minimum absolute atomic E-state index is 0.0155. The Labute approximate surface area is 260 Å². The monoisotopic (exact) mass is 613 g/mol. The Balaban J connectivity index is 1.80. The van der Waals surface area contributed by atoms with Gasteiger partial charge in [-0.2, -0.15) is 0 Å². The molecule has 0 aliphatic rings. The largest absolute Gasteiger partial charge is 0.497 e. The molecule has 0 radical (unpaired) electrons. The van der Waals surface area contributed by atoms with Gasteiger partial charge in [0.05, 0.1) is 17.7 Å². The van der Waals surface area contributed by atoms with E-state index in [4.69, 9.17) is 4.74 Å². The molecule has 0 aromatic heterocycles. The molecule has 0 bridgehead atoms. The molecular formula is C35H39N3O5S. The van der Waals surface area contributed by atoms with Crippen LogP contribution in [-0.2, 0) is 32.6 Å². The number of sulfonamides is 1. The predicted molar refractivity (Wildman–Crippen MR) is 173 cm³/mol. The molecule has 0 fully saturated rings. The van der Waals surface area contributed by atoms with Crippen molar-refractivity contribution in [1.29, 1.82) is 0 Å². The number of nitrogens with one attached hydrogen (secondary N) is 1. The van der Waals surface area contributed by atoms with E-state index in [0.29, 0.717) is 18.0 Å². The molecule has 4 rings (SSSR count). The molecule has 9 heteroatoms. The molecule has 0 aliphatic carbocycles. The first-order valence-electron chi connectivity index (χ1n) is 14.5. The Hall–Kier alpha value is -4.63. The predicted octanol–water partition coefficient (Wildman–Crippen LogP) is 5.28. The van der Waals surface area contributed by atoms with Gasteiger partial charge in [-0.3, -0.25) is 13.9 Å². The van der Waals surface area contributed by atoms with Gasteiger partial charge in [-0.25, -0.2) is 8.42 Å². The van der Waals surface area contributed by atoms with E-state index >= 15 is 0 Å². The molecule has 0 aliphatic heterocycles. The highest BCUT2D eigenvalue weighted by molar-refractivity contribution is 7.92. The van der Waals surface area contributed by atoms with Crippen molar-refractivity contribution in [2.75, 3.05) is 24.5 Å². The van der Waals surface area contributed by atoms with Crippen molar-refractivity contribution in [3.63, 3.8) is 0 Å². The molecule has 0 saturated heterocycles. The van der Waals surface area contributed by atoms with Gasteiger partial charge >= 0.3 is 0 Å². The number of hydrogen-bond acceptors (Lipinski definition) is 5. The van der Waals surface area contributed by atoms with Gasteiger partial charge in [-0.15, -0.1) is 0 Å². The molecule has 1 N–H and O–H groups in total. The van der Waals surface area contributed by atoms with Crippen LogP contribution in [0.3, 0.4) is 0 Å². The average Bonchev–Trinajstić information content (AvgIpc) is 3.03. The lowest BCUT2D eigenvalue weighted by Crippen LogP contribution is -2.53. The smallest absolute Gasteiger partial charge is 0.264 e. The molecule has 0 saturated carbocycles. The van der Waals surface area contributed by atoms with Gasteiger partial charge in [-0.1, -0.05) is 72.3 Å². The second kappa shape index (κ2) is 14.7. The topological polar surface area (TPSA) is 96.0 Å². The zero-order valence-corrected chi connectivity index (χ0v) is 26.4. The number of ether oxygens (including phenoxy) is 1. The van der Waals surface area contributed by atoms with Gasteiger partial charge in [0.15, 0.2) is 0 Å². The fourth-order valence-electron chi connectivity index (χ4n) is 4.93. The molecular weight excluding hydrogens is 574 g/mol. The number of carbonyl (C=O) groups is 2. The number of methoxy groups -OCH3 is 1. The van der Waals surface area contributed by atoms with Gasteiger partial charge in [0.1, 0.15) is 18.3 Å². The zero-order valence-electron chi connectivity index (χ0n) is 25.6. The minimum Gasteiger partial charge on any atom is -0.497 e. The summed E-state index contributed by atoms with van der Waals surface area (Å²) in [6, 6.07) is 29.3. The molecule has 230 valence electrons. The van der Waals surface area contributed by atoms with Crippen LogP contribution in [0, 0.1) is 13.8 Å². The molecule has 4 aromatic carbocycles. The number of anilines is 1. The van der Waals surface area contributed by atoms with Crippen molar-refractivity contribution in [3.05, 3.63) is 125 Å². The van der Waals surface area contributed by atoms with E-state index in [1.54, 1.807) is 36.4 Å². The summed E-state index contributed by atoms with van der Waals surface area (Å²) in [6.45, 7) is 5.69. The van der Waals surface area contributed by atoms with E-state index < -0.39 is 28.5 Å². The lowest BCUT2D eigenvalue weighted by Gasteiger charge is -2.34. The van der Waals surface area contributed by atoms with E-state index in [-0.39, 0.29) is 23.8 Å². The normalized spacial score (nSPS) is 11.8. The first kappa shape index (κ1) is 32.3. The highest BCUT2D eigenvalue weighted by atomic mass is 32.2. The summed E-state index contributed by atoms with van der Waals surface area (Å²) < 4.78 is 34.6. The van der Waals surface area contributed by atoms with Crippen LogP contribution in [0.4, 0.5) is 5.69 Å². The maximum atomic E-state index is 14.4. The number of carbonyl (C=O) groups excluding carboxylic acids is 2. The van der Waals surface area contributed by atoms with Crippen LogP contribution in [0.2, 0.25) is 0 Å². The average molecular weight is 614 g/mol. The third kappa shape index (κ3) is 7.85. The SMILES string of the molecule is CCNC(=O)C(Cc1ccccc1)N(Cc1ccccc1C)C(=O)CN(c1ccc(C)cc1)S(=O)(=O)c1ccc(OC)cc1. The summed E-state index contributed by atoms with van der Waals surface area (Å²) in [7, 11) is -2.68. The summed E-state index contributed by atoms with van der Waals surface area (Å²) in [5.74, 6) is -0.298. The molecule has 1 unspecified atom stereocenters. The third-order valence-corrected chi connectivity index (χ3v) is 9.26.